The number of alkyl halides is 1. The molecule has 0 unspecified atom stereocenters. The molecule has 2 aromatic rings. The molecule has 0 radical (unpaired) electrons. The third-order valence-electron chi connectivity index (χ3n) is 1.86. The molecule has 5 heteroatoms. The molecule has 0 aliphatic carbocycles. The van der Waals surface area contributed by atoms with Gasteiger partial charge >= 0.3 is 0 Å². The van der Waals surface area contributed by atoms with E-state index < -0.39 is 11.6 Å². The molecular formula is C10H6ClF2NS. The molecule has 1 heterocycles. The molecule has 0 N–H and O–H groups in total. The monoisotopic (exact) mass is 245 g/mol. The van der Waals surface area contributed by atoms with E-state index in [1.54, 1.807) is 0 Å². The lowest BCUT2D eigenvalue weighted by Gasteiger charge is -1.99. The fourth-order valence-electron chi connectivity index (χ4n) is 1.19. The first-order valence-electron chi connectivity index (χ1n) is 4.17. The standard InChI is InChI=1S/C10H6ClF2NS/c11-4-6-5-14-10(15-6)9-7(12)2-1-3-8(9)13/h1-3,5H,4H2. The lowest BCUT2D eigenvalue weighted by atomic mass is 10.2. The Hall–Kier alpha value is -1.000. The summed E-state index contributed by atoms with van der Waals surface area (Å²) in [6, 6.07) is 3.74. The first kappa shape index (κ1) is 10.5. The van der Waals surface area contributed by atoms with E-state index in [2.05, 4.69) is 4.98 Å². The number of halogens is 3. The molecule has 0 saturated carbocycles. The minimum Gasteiger partial charge on any atom is -0.244 e. The van der Waals surface area contributed by atoms with Crippen molar-refractivity contribution in [1.82, 2.24) is 4.98 Å². The van der Waals surface area contributed by atoms with E-state index in [9.17, 15) is 8.78 Å². The van der Waals surface area contributed by atoms with Crippen LogP contribution in [0.25, 0.3) is 10.6 Å². The molecular weight excluding hydrogens is 240 g/mol. The minimum atomic E-state index is -0.606. The summed E-state index contributed by atoms with van der Waals surface area (Å²) in [6.07, 6.45) is 1.53. The Balaban J connectivity index is 2.53. The van der Waals surface area contributed by atoms with Crippen LogP contribution in [0.3, 0.4) is 0 Å². The van der Waals surface area contributed by atoms with Crippen molar-refractivity contribution in [3.63, 3.8) is 0 Å². The van der Waals surface area contributed by atoms with Crippen molar-refractivity contribution < 1.29 is 8.78 Å². The second kappa shape index (κ2) is 4.24. The summed E-state index contributed by atoms with van der Waals surface area (Å²) >= 11 is 6.78. The van der Waals surface area contributed by atoms with Gasteiger partial charge in [-0.2, -0.15) is 0 Å². The molecule has 0 fully saturated rings. The van der Waals surface area contributed by atoms with Crippen LogP contribution in [0.4, 0.5) is 8.78 Å². The predicted octanol–water partition coefficient (Wildman–Crippen LogP) is 3.83. The SMILES string of the molecule is Fc1cccc(F)c1-c1ncc(CCl)s1. The van der Waals surface area contributed by atoms with Crippen LogP contribution in [0, 0.1) is 11.6 Å². The Morgan fingerprint density at radius 2 is 1.93 bits per heavy atom. The molecule has 78 valence electrons. The Morgan fingerprint density at radius 1 is 1.27 bits per heavy atom. The molecule has 2 rings (SSSR count). The van der Waals surface area contributed by atoms with Crippen LogP contribution in [0.5, 0.6) is 0 Å². The quantitative estimate of drug-likeness (QED) is 0.733. The summed E-state index contributed by atoms with van der Waals surface area (Å²) < 4.78 is 26.7. The van der Waals surface area contributed by atoms with Gasteiger partial charge in [-0.15, -0.1) is 22.9 Å². The summed E-state index contributed by atoms with van der Waals surface area (Å²) in [5, 5.41) is 0.321. The van der Waals surface area contributed by atoms with Gasteiger partial charge in [0.1, 0.15) is 16.6 Å². The maximum absolute atomic E-state index is 13.3. The number of rotatable bonds is 2. The largest absolute Gasteiger partial charge is 0.244 e. The van der Waals surface area contributed by atoms with Gasteiger partial charge in [0.15, 0.2) is 0 Å². The van der Waals surface area contributed by atoms with E-state index in [0.29, 0.717) is 10.9 Å². The zero-order valence-corrected chi connectivity index (χ0v) is 9.08. The number of thiazole rings is 1. The second-order valence-corrected chi connectivity index (χ2v) is 4.24. The smallest absolute Gasteiger partial charge is 0.136 e. The number of aromatic nitrogens is 1. The molecule has 0 bridgehead atoms. The van der Waals surface area contributed by atoms with E-state index in [1.807, 2.05) is 0 Å². The summed E-state index contributed by atoms with van der Waals surface area (Å²) in [5.74, 6) is -0.913. The van der Waals surface area contributed by atoms with Crippen molar-refractivity contribution in [2.45, 2.75) is 5.88 Å². The Morgan fingerprint density at radius 3 is 2.47 bits per heavy atom. The highest BCUT2D eigenvalue weighted by Crippen LogP contribution is 2.30. The first-order chi connectivity index (χ1) is 7.22. The third-order valence-corrected chi connectivity index (χ3v) is 3.32. The lowest BCUT2D eigenvalue weighted by molar-refractivity contribution is 0.589. The van der Waals surface area contributed by atoms with Gasteiger partial charge < -0.3 is 0 Å². The van der Waals surface area contributed by atoms with Gasteiger partial charge in [0, 0.05) is 11.1 Å². The van der Waals surface area contributed by atoms with E-state index >= 15 is 0 Å². The van der Waals surface area contributed by atoms with Crippen molar-refractivity contribution in [1.29, 1.82) is 0 Å². The van der Waals surface area contributed by atoms with Crippen LogP contribution in [0.15, 0.2) is 24.4 Å². The van der Waals surface area contributed by atoms with Gasteiger partial charge in [0.25, 0.3) is 0 Å². The van der Waals surface area contributed by atoms with E-state index in [0.717, 1.165) is 4.88 Å². The molecule has 0 amide bonds. The summed E-state index contributed by atoms with van der Waals surface area (Å²) in [6.45, 7) is 0. The fourth-order valence-corrected chi connectivity index (χ4v) is 2.23. The number of nitrogens with zero attached hydrogens (tertiary/aromatic N) is 1. The number of benzene rings is 1. The summed E-state index contributed by atoms with van der Waals surface area (Å²) in [7, 11) is 0. The van der Waals surface area contributed by atoms with Crippen LogP contribution >= 0.6 is 22.9 Å². The van der Waals surface area contributed by atoms with Crippen LogP contribution in [0.2, 0.25) is 0 Å². The highest BCUT2D eigenvalue weighted by molar-refractivity contribution is 7.15. The van der Waals surface area contributed by atoms with Crippen molar-refractivity contribution >= 4 is 22.9 Å². The maximum atomic E-state index is 13.3. The average Bonchev–Trinajstić information content (AvgIpc) is 2.66. The lowest BCUT2D eigenvalue weighted by Crippen LogP contribution is -1.87. The highest BCUT2D eigenvalue weighted by atomic mass is 35.5. The molecule has 0 aliphatic heterocycles. The van der Waals surface area contributed by atoms with Gasteiger partial charge in [-0.3, -0.25) is 0 Å². The molecule has 0 aliphatic rings. The van der Waals surface area contributed by atoms with Gasteiger partial charge in [-0.05, 0) is 12.1 Å². The zero-order valence-electron chi connectivity index (χ0n) is 7.51. The Kier molecular flexibility index (Phi) is 2.98. The van der Waals surface area contributed by atoms with Gasteiger partial charge in [-0.1, -0.05) is 6.07 Å². The zero-order chi connectivity index (χ0) is 10.8. The highest BCUT2D eigenvalue weighted by Gasteiger charge is 2.14. The Bertz CT molecular complexity index is 464. The summed E-state index contributed by atoms with van der Waals surface area (Å²) in [4.78, 5) is 4.72. The molecule has 1 aromatic carbocycles. The van der Waals surface area contributed by atoms with Gasteiger partial charge in [0.2, 0.25) is 0 Å². The normalized spacial score (nSPS) is 10.6. The van der Waals surface area contributed by atoms with E-state index in [4.69, 9.17) is 11.6 Å². The van der Waals surface area contributed by atoms with Crippen molar-refractivity contribution in [3.05, 3.63) is 40.9 Å². The van der Waals surface area contributed by atoms with Crippen molar-refractivity contribution in [3.8, 4) is 10.6 Å². The Labute approximate surface area is 94.3 Å². The average molecular weight is 246 g/mol. The molecule has 0 spiro atoms. The molecule has 15 heavy (non-hydrogen) atoms. The van der Waals surface area contributed by atoms with Crippen molar-refractivity contribution in [2.24, 2.45) is 0 Å². The van der Waals surface area contributed by atoms with Crippen molar-refractivity contribution in [2.75, 3.05) is 0 Å². The van der Waals surface area contributed by atoms with Gasteiger partial charge in [0.05, 0.1) is 11.4 Å². The minimum absolute atomic E-state index is 0.0844. The van der Waals surface area contributed by atoms with Crippen LogP contribution in [0.1, 0.15) is 4.88 Å². The first-order valence-corrected chi connectivity index (χ1v) is 5.52. The van der Waals surface area contributed by atoms with E-state index in [1.165, 1.54) is 35.7 Å². The topological polar surface area (TPSA) is 12.9 Å². The third kappa shape index (κ3) is 2.01. The summed E-state index contributed by atoms with van der Waals surface area (Å²) in [5.41, 5.74) is -0.0844. The number of hydrogen-bond acceptors (Lipinski definition) is 2. The molecule has 0 saturated heterocycles. The molecule has 1 aromatic heterocycles. The van der Waals surface area contributed by atoms with Crippen LogP contribution in [-0.2, 0) is 5.88 Å². The van der Waals surface area contributed by atoms with Crippen LogP contribution < -0.4 is 0 Å². The van der Waals surface area contributed by atoms with Gasteiger partial charge in [-0.25, -0.2) is 13.8 Å². The predicted molar refractivity (Wildman–Crippen MR) is 57.0 cm³/mol. The maximum Gasteiger partial charge on any atom is 0.136 e. The molecule has 0 atom stereocenters. The van der Waals surface area contributed by atoms with E-state index in [-0.39, 0.29) is 5.56 Å². The molecule has 1 nitrogen and oxygen atoms in total. The second-order valence-electron chi connectivity index (χ2n) is 2.86. The van der Waals surface area contributed by atoms with Crippen LogP contribution in [-0.4, -0.2) is 4.98 Å². The fraction of sp³-hybridized carbons (Fsp3) is 0.100. The number of hydrogen-bond donors (Lipinski definition) is 0.